The van der Waals surface area contributed by atoms with Crippen LogP contribution in [0.15, 0.2) is 34.5 Å². The Morgan fingerprint density at radius 3 is 2.78 bits per heavy atom. The molecule has 1 aromatic rings. The first-order chi connectivity index (χ1) is 12.7. The highest BCUT2D eigenvalue weighted by molar-refractivity contribution is 8.00. The average molecular weight is 411 g/mol. The van der Waals surface area contributed by atoms with Crippen LogP contribution < -0.4 is 11.1 Å². The quantitative estimate of drug-likeness (QED) is 0.128. The van der Waals surface area contributed by atoms with Crippen molar-refractivity contribution in [3.8, 4) is 0 Å². The topological polar surface area (TPSA) is 178 Å². The number of thiazole rings is 1. The van der Waals surface area contributed by atoms with Crippen molar-refractivity contribution >= 4 is 51.7 Å². The molecule has 27 heavy (non-hydrogen) atoms. The number of rotatable bonds is 5. The van der Waals surface area contributed by atoms with Crippen molar-refractivity contribution in [2.24, 2.45) is 5.16 Å². The SMILES string of the molecule is C=CC1=C(C(=O)O)[N+]2([O-])C(=O)[C@@H](NC(=O)/C(=N\O)c3csc(N)n3)[C@H]2SC1. The predicted molar refractivity (Wildman–Crippen MR) is 96.5 cm³/mol. The van der Waals surface area contributed by atoms with Crippen molar-refractivity contribution in [1.82, 2.24) is 10.3 Å². The van der Waals surface area contributed by atoms with E-state index in [-0.39, 0.29) is 22.2 Å². The van der Waals surface area contributed by atoms with Gasteiger partial charge in [-0.3, -0.25) is 4.79 Å². The van der Waals surface area contributed by atoms with Crippen LogP contribution in [0.5, 0.6) is 0 Å². The van der Waals surface area contributed by atoms with Crippen LogP contribution in [0.2, 0.25) is 0 Å². The number of thioether (sulfide) groups is 1. The second-order valence-corrected chi connectivity index (χ2v) is 7.55. The first kappa shape index (κ1) is 19.0. The molecule has 1 aromatic heterocycles. The molecule has 1 unspecified atom stereocenters. The van der Waals surface area contributed by atoms with Gasteiger partial charge in [0.1, 0.15) is 5.69 Å². The van der Waals surface area contributed by atoms with Crippen LogP contribution in [-0.2, 0) is 14.4 Å². The normalized spacial score (nSPS) is 27.6. The van der Waals surface area contributed by atoms with Gasteiger partial charge in [-0.2, -0.15) is 0 Å². The number of hydrogen-bond acceptors (Lipinski definition) is 10. The fourth-order valence-electron chi connectivity index (χ4n) is 2.86. The van der Waals surface area contributed by atoms with Crippen molar-refractivity contribution in [3.05, 3.63) is 40.2 Å². The minimum atomic E-state index is -1.69. The number of β-lactam (4-membered cyclic amide) rings is 1. The number of nitrogen functional groups attached to an aromatic ring is 1. The zero-order valence-electron chi connectivity index (χ0n) is 13.5. The highest BCUT2D eigenvalue weighted by atomic mass is 32.2. The van der Waals surface area contributed by atoms with Crippen LogP contribution in [0, 0.1) is 5.21 Å². The van der Waals surface area contributed by atoms with E-state index in [2.05, 4.69) is 22.0 Å². The van der Waals surface area contributed by atoms with Crippen LogP contribution in [0.1, 0.15) is 5.69 Å². The Hall–Kier alpha value is -2.74. The van der Waals surface area contributed by atoms with Gasteiger partial charge in [-0.15, -0.1) is 11.3 Å². The van der Waals surface area contributed by atoms with Crippen molar-refractivity contribution < 1.29 is 29.3 Å². The average Bonchev–Trinajstić information content (AvgIpc) is 3.05. The molecule has 2 aliphatic heterocycles. The number of nitrogens with two attached hydrogens (primary N) is 1. The highest BCUT2D eigenvalue weighted by Gasteiger charge is 2.65. The summed E-state index contributed by atoms with van der Waals surface area (Å²) >= 11 is 2.05. The third kappa shape index (κ3) is 2.80. The number of hydroxylamine groups is 3. The van der Waals surface area contributed by atoms with E-state index in [1.807, 2.05) is 0 Å². The summed E-state index contributed by atoms with van der Waals surface area (Å²) in [6, 6.07) is -1.24. The van der Waals surface area contributed by atoms with Gasteiger partial charge in [-0.25, -0.2) is 19.2 Å². The maximum atomic E-state index is 12.9. The molecule has 0 saturated carbocycles. The van der Waals surface area contributed by atoms with Crippen molar-refractivity contribution in [2.75, 3.05) is 11.5 Å². The molecular weight excluding hydrogens is 398 g/mol. The molecule has 0 aliphatic carbocycles. The molecule has 1 fully saturated rings. The number of oxime groups is 1. The molecule has 13 heteroatoms. The number of carboxylic acids is 1. The van der Waals surface area contributed by atoms with Gasteiger partial charge in [0.15, 0.2) is 16.2 Å². The third-order valence-corrected chi connectivity index (χ3v) is 6.16. The standard InChI is InChI=1S/C14H13N5O6S2/c1-2-5-3-26-12-8(11(21)19(12,25)9(5)13(22)23)17-10(20)7(18-24)6-4-27-14(15)16-6/h2,4,8,12,24H,1,3H2,(H2,15,16)(H,17,20)(H,22,23)/b18-7-/t8-,12-,19?/m1/s1. The molecule has 2 aliphatic rings. The summed E-state index contributed by atoms with van der Waals surface area (Å²) in [4.78, 5) is 40.1. The van der Waals surface area contributed by atoms with Gasteiger partial charge < -0.3 is 26.6 Å². The van der Waals surface area contributed by atoms with E-state index in [4.69, 9.17) is 10.9 Å². The van der Waals surface area contributed by atoms with Crippen LogP contribution >= 0.6 is 23.1 Å². The van der Waals surface area contributed by atoms with E-state index in [9.17, 15) is 24.7 Å². The number of nitrogens with zero attached hydrogens (tertiary/aromatic N) is 3. The number of aromatic nitrogens is 1. The molecule has 0 radical (unpaired) electrons. The number of aliphatic carboxylic acids is 1. The molecule has 0 bridgehead atoms. The maximum Gasteiger partial charge on any atom is 0.391 e. The van der Waals surface area contributed by atoms with E-state index in [0.717, 1.165) is 23.1 Å². The van der Waals surface area contributed by atoms with E-state index >= 15 is 0 Å². The van der Waals surface area contributed by atoms with E-state index in [1.54, 1.807) is 0 Å². The maximum absolute atomic E-state index is 12.9. The van der Waals surface area contributed by atoms with Crippen LogP contribution in [0.3, 0.4) is 0 Å². The second-order valence-electron chi connectivity index (χ2n) is 5.55. The zero-order chi connectivity index (χ0) is 19.9. The lowest BCUT2D eigenvalue weighted by Crippen LogP contribution is -2.79. The molecule has 11 nitrogen and oxygen atoms in total. The Balaban J connectivity index is 1.84. The van der Waals surface area contributed by atoms with Crippen LogP contribution in [0.25, 0.3) is 0 Å². The minimum absolute atomic E-state index is 0.00325. The summed E-state index contributed by atoms with van der Waals surface area (Å²) < 4.78 is -1.69. The molecule has 1 saturated heterocycles. The molecule has 142 valence electrons. The number of nitrogens with one attached hydrogen (secondary N) is 1. The highest BCUT2D eigenvalue weighted by Crippen LogP contribution is 2.47. The second kappa shape index (κ2) is 6.77. The fourth-order valence-corrected chi connectivity index (χ4v) is 4.81. The largest absolute Gasteiger partial charge is 0.619 e. The molecular formula is C14H13N5O6S2. The number of quaternary nitrogens is 1. The number of anilines is 1. The molecule has 3 heterocycles. The Morgan fingerprint density at radius 2 is 2.26 bits per heavy atom. The Morgan fingerprint density at radius 1 is 1.56 bits per heavy atom. The summed E-state index contributed by atoms with van der Waals surface area (Å²) in [7, 11) is 0. The van der Waals surface area contributed by atoms with Gasteiger partial charge in [-0.1, -0.05) is 29.6 Å². The Kier molecular flexibility index (Phi) is 4.77. The number of fused-ring (bicyclic) bond motifs is 1. The van der Waals surface area contributed by atoms with E-state index in [0.29, 0.717) is 0 Å². The summed E-state index contributed by atoms with van der Waals surface area (Å²) in [6.07, 6.45) is 1.23. The summed E-state index contributed by atoms with van der Waals surface area (Å²) in [5.74, 6) is -3.34. The first-order valence-corrected chi connectivity index (χ1v) is 9.28. The lowest BCUT2D eigenvalue weighted by Gasteiger charge is -2.57. The smallest absolute Gasteiger partial charge is 0.391 e. The van der Waals surface area contributed by atoms with Gasteiger partial charge in [-0.05, 0) is 0 Å². The number of allylic oxidation sites excluding steroid dienone is 1. The number of hydrogen-bond donors (Lipinski definition) is 4. The molecule has 3 atom stereocenters. The molecule has 3 rings (SSSR count). The van der Waals surface area contributed by atoms with Crippen LogP contribution in [-0.4, -0.2) is 60.6 Å². The number of amides is 2. The Bertz CT molecular complexity index is 925. The van der Waals surface area contributed by atoms with Crippen molar-refractivity contribution in [3.63, 3.8) is 0 Å². The van der Waals surface area contributed by atoms with E-state index in [1.165, 1.54) is 11.5 Å². The van der Waals surface area contributed by atoms with Gasteiger partial charge in [0.25, 0.3) is 5.91 Å². The first-order valence-electron chi connectivity index (χ1n) is 7.35. The summed E-state index contributed by atoms with van der Waals surface area (Å²) in [5, 5.41) is 37.0. The summed E-state index contributed by atoms with van der Waals surface area (Å²) in [5.41, 5.74) is 4.56. The molecule has 0 aromatic carbocycles. The van der Waals surface area contributed by atoms with Gasteiger partial charge in [0, 0.05) is 16.7 Å². The fraction of sp³-hybridized carbons (Fsp3) is 0.214. The van der Waals surface area contributed by atoms with Gasteiger partial charge in [0.2, 0.25) is 11.7 Å². The van der Waals surface area contributed by atoms with Gasteiger partial charge >= 0.3 is 11.9 Å². The third-order valence-electron chi connectivity index (χ3n) is 4.10. The number of carbonyl (C=O) groups is 3. The van der Waals surface area contributed by atoms with E-state index < -0.39 is 45.3 Å². The van der Waals surface area contributed by atoms with Crippen molar-refractivity contribution in [2.45, 2.75) is 11.4 Å². The zero-order valence-corrected chi connectivity index (χ0v) is 15.1. The van der Waals surface area contributed by atoms with Gasteiger partial charge in [0.05, 0.1) is 0 Å². The lowest BCUT2D eigenvalue weighted by atomic mass is 10.0. The Labute approximate surface area is 160 Å². The number of carboxylic acid groups (broad SMARTS) is 1. The molecule has 2 amide bonds. The van der Waals surface area contributed by atoms with Crippen LogP contribution in [0.4, 0.5) is 5.13 Å². The predicted octanol–water partition coefficient (Wildman–Crippen LogP) is -0.159. The minimum Gasteiger partial charge on any atom is -0.619 e. The molecule has 0 spiro atoms. The molecule has 5 N–H and O–H groups in total. The number of carbonyl (C=O) groups excluding carboxylic acids is 2. The monoisotopic (exact) mass is 411 g/mol. The lowest BCUT2D eigenvalue weighted by molar-refractivity contribution is -0.805. The van der Waals surface area contributed by atoms with Crippen molar-refractivity contribution in [1.29, 1.82) is 0 Å². The summed E-state index contributed by atoms with van der Waals surface area (Å²) in [6.45, 7) is 3.47.